The molecular weight excluding hydrogens is 181 g/mol. The van der Waals surface area contributed by atoms with Gasteiger partial charge in [-0.1, -0.05) is 12.1 Å². The molecule has 0 spiro atoms. The highest BCUT2D eigenvalue weighted by Crippen LogP contribution is 2.12. The summed E-state index contributed by atoms with van der Waals surface area (Å²) in [6, 6.07) is 7.07. The third-order valence-corrected chi connectivity index (χ3v) is 1.36. The molecule has 0 aliphatic heterocycles. The highest BCUT2D eigenvalue weighted by atomic mass is 35.5. The maximum Gasteiger partial charge on any atom is 0.228 e. The fraction of sp³-hybridized carbons (Fsp3) is 0.250. The summed E-state index contributed by atoms with van der Waals surface area (Å²) in [5.74, 6) is 0.524. The Morgan fingerprint density at radius 1 is 1.42 bits per heavy atom. The van der Waals surface area contributed by atoms with Gasteiger partial charge in [-0.3, -0.25) is 0 Å². The molecule has 1 aromatic rings. The van der Waals surface area contributed by atoms with Gasteiger partial charge in [-0.25, -0.2) is 4.39 Å². The van der Waals surface area contributed by atoms with E-state index in [4.69, 9.17) is 5.73 Å². The number of halogens is 2. The maximum atomic E-state index is 11.7. The van der Waals surface area contributed by atoms with Gasteiger partial charge < -0.3 is 10.5 Å². The highest BCUT2D eigenvalue weighted by Gasteiger charge is 1.93. The number of benzene rings is 1. The van der Waals surface area contributed by atoms with Gasteiger partial charge in [0.25, 0.3) is 0 Å². The molecule has 2 nitrogen and oxygen atoms in total. The molecule has 0 radical (unpaired) electrons. The Balaban J connectivity index is 0.00000121. The predicted octanol–water partition coefficient (Wildman–Crippen LogP) is 1.87. The molecule has 0 aliphatic rings. The van der Waals surface area contributed by atoms with Crippen molar-refractivity contribution in [3.63, 3.8) is 0 Å². The van der Waals surface area contributed by atoms with Crippen molar-refractivity contribution in [1.82, 2.24) is 0 Å². The molecule has 0 bridgehead atoms. The summed E-state index contributed by atoms with van der Waals surface area (Å²) < 4.78 is 16.3. The summed E-state index contributed by atoms with van der Waals surface area (Å²) in [4.78, 5) is 0. The van der Waals surface area contributed by atoms with Gasteiger partial charge in [-0.2, -0.15) is 0 Å². The van der Waals surface area contributed by atoms with Gasteiger partial charge in [-0.15, -0.1) is 12.4 Å². The molecular formula is C8H11ClFNO. The van der Waals surface area contributed by atoms with Crippen LogP contribution in [0.4, 0.5) is 4.39 Å². The summed E-state index contributed by atoms with van der Waals surface area (Å²) in [7, 11) is 0. The van der Waals surface area contributed by atoms with Crippen molar-refractivity contribution in [2.75, 3.05) is 6.86 Å². The van der Waals surface area contributed by atoms with Crippen LogP contribution in [0.15, 0.2) is 24.3 Å². The zero-order valence-corrected chi connectivity index (χ0v) is 7.31. The van der Waals surface area contributed by atoms with Gasteiger partial charge >= 0.3 is 0 Å². The lowest BCUT2D eigenvalue weighted by molar-refractivity contribution is 0.191. The van der Waals surface area contributed by atoms with Gasteiger partial charge in [0.1, 0.15) is 5.75 Å². The largest absolute Gasteiger partial charge is 0.463 e. The van der Waals surface area contributed by atoms with Crippen LogP contribution in [0.3, 0.4) is 0 Å². The van der Waals surface area contributed by atoms with E-state index in [2.05, 4.69) is 4.74 Å². The first-order chi connectivity index (χ1) is 5.36. The van der Waals surface area contributed by atoms with Crippen LogP contribution < -0.4 is 10.5 Å². The number of rotatable bonds is 3. The Kier molecular flexibility index (Phi) is 5.41. The number of hydrogen-bond donors (Lipinski definition) is 1. The summed E-state index contributed by atoms with van der Waals surface area (Å²) in [6.07, 6.45) is 0. The normalized spacial score (nSPS) is 8.83. The van der Waals surface area contributed by atoms with Crippen LogP contribution in [0.5, 0.6) is 5.75 Å². The molecule has 0 aliphatic carbocycles. The molecule has 68 valence electrons. The molecule has 0 saturated heterocycles. The van der Waals surface area contributed by atoms with Gasteiger partial charge in [-0.05, 0) is 17.7 Å². The molecule has 0 unspecified atom stereocenters. The van der Waals surface area contributed by atoms with E-state index in [1.54, 1.807) is 18.2 Å². The Morgan fingerprint density at radius 2 is 2.17 bits per heavy atom. The number of ether oxygens (including phenoxy) is 1. The van der Waals surface area contributed by atoms with Crippen molar-refractivity contribution in [3.8, 4) is 5.75 Å². The van der Waals surface area contributed by atoms with Crippen LogP contribution in [0.1, 0.15) is 5.56 Å². The van der Waals surface area contributed by atoms with Crippen LogP contribution in [0.25, 0.3) is 0 Å². The second kappa shape index (κ2) is 5.80. The predicted molar refractivity (Wildman–Crippen MR) is 48.2 cm³/mol. The first-order valence-electron chi connectivity index (χ1n) is 3.34. The smallest absolute Gasteiger partial charge is 0.228 e. The van der Waals surface area contributed by atoms with E-state index >= 15 is 0 Å². The van der Waals surface area contributed by atoms with Crippen molar-refractivity contribution in [1.29, 1.82) is 0 Å². The molecule has 0 heterocycles. The van der Waals surface area contributed by atoms with Crippen LogP contribution >= 0.6 is 12.4 Å². The lowest BCUT2D eigenvalue weighted by Gasteiger charge is -2.01. The van der Waals surface area contributed by atoms with Crippen molar-refractivity contribution >= 4 is 12.4 Å². The first-order valence-corrected chi connectivity index (χ1v) is 3.34. The molecule has 1 rings (SSSR count). The number of alkyl halides is 1. The van der Waals surface area contributed by atoms with Gasteiger partial charge in [0.15, 0.2) is 0 Å². The van der Waals surface area contributed by atoms with Gasteiger partial charge in [0, 0.05) is 6.54 Å². The Labute approximate surface area is 76.9 Å². The molecule has 4 heteroatoms. The lowest BCUT2D eigenvalue weighted by Crippen LogP contribution is -1.97. The van der Waals surface area contributed by atoms with E-state index in [1.165, 1.54) is 0 Å². The summed E-state index contributed by atoms with van der Waals surface area (Å²) >= 11 is 0. The molecule has 12 heavy (non-hydrogen) atoms. The van der Waals surface area contributed by atoms with E-state index in [-0.39, 0.29) is 12.4 Å². The van der Waals surface area contributed by atoms with Crippen molar-refractivity contribution in [2.24, 2.45) is 5.73 Å². The van der Waals surface area contributed by atoms with E-state index in [9.17, 15) is 4.39 Å². The van der Waals surface area contributed by atoms with E-state index < -0.39 is 6.86 Å². The zero-order chi connectivity index (χ0) is 8.10. The minimum atomic E-state index is -0.798. The molecule has 2 N–H and O–H groups in total. The van der Waals surface area contributed by atoms with E-state index in [0.717, 1.165) is 5.56 Å². The number of nitrogens with two attached hydrogens (primary N) is 1. The summed E-state index contributed by atoms with van der Waals surface area (Å²) in [5, 5.41) is 0. The fourth-order valence-corrected chi connectivity index (χ4v) is 0.825. The third kappa shape index (κ3) is 3.07. The SMILES string of the molecule is Cl.NCc1cccc(OCF)c1. The second-order valence-corrected chi connectivity index (χ2v) is 2.10. The minimum Gasteiger partial charge on any atom is -0.463 e. The molecule has 0 fully saturated rings. The second-order valence-electron chi connectivity index (χ2n) is 2.10. The van der Waals surface area contributed by atoms with Crippen molar-refractivity contribution in [3.05, 3.63) is 29.8 Å². The molecule has 0 amide bonds. The summed E-state index contributed by atoms with van der Waals surface area (Å²) in [6.45, 7) is -0.350. The van der Waals surface area contributed by atoms with Gasteiger partial charge in [0.2, 0.25) is 6.86 Å². The average molecular weight is 192 g/mol. The summed E-state index contributed by atoms with van der Waals surface area (Å²) in [5.41, 5.74) is 6.31. The highest BCUT2D eigenvalue weighted by molar-refractivity contribution is 5.85. The molecule has 1 aromatic carbocycles. The molecule has 0 atom stereocenters. The standard InChI is InChI=1S/C8H10FNO.ClH/c9-6-11-8-3-1-2-7(4-8)5-10;/h1-4H,5-6,10H2;1H. The van der Waals surface area contributed by atoms with Crippen molar-refractivity contribution in [2.45, 2.75) is 6.54 Å². The Hall–Kier alpha value is -0.800. The third-order valence-electron chi connectivity index (χ3n) is 1.36. The molecule has 0 saturated carbocycles. The average Bonchev–Trinajstić information content (AvgIpc) is 2.06. The topological polar surface area (TPSA) is 35.2 Å². The van der Waals surface area contributed by atoms with Crippen LogP contribution in [0.2, 0.25) is 0 Å². The monoisotopic (exact) mass is 191 g/mol. The number of hydrogen-bond acceptors (Lipinski definition) is 2. The van der Waals surface area contributed by atoms with Gasteiger partial charge in [0.05, 0.1) is 0 Å². The van der Waals surface area contributed by atoms with Crippen LogP contribution in [-0.2, 0) is 6.54 Å². The maximum absolute atomic E-state index is 11.7. The van der Waals surface area contributed by atoms with Crippen LogP contribution in [0, 0.1) is 0 Å². The minimum absolute atomic E-state index is 0. The quantitative estimate of drug-likeness (QED) is 0.792. The lowest BCUT2D eigenvalue weighted by atomic mass is 10.2. The Bertz CT molecular complexity index is 232. The molecule has 0 aromatic heterocycles. The van der Waals surface area contributed by atoms with Crippen LogP contribution in [-0.4, -0.2) is 6.86 Å². The van der Waals surface area contributed by atoms with E-state index in [0.29, 0.717) is 12.3 Å². The first kappa shape index (κ1) is 11.2. The van der Waals surface area contributed by atoms with Crippen molar-refractivity contribution < 1.29 is 9.13 Å². The zero-order valence-electron chi connectivity index (χ0n) is 6.50. The fourth-order valence-electron chi connectivity index (χ4n) is 0.825. The Morgan fingerprint density at radius 3 is 2.75 bits per heavy atom. The van der Waals surface area contributed by atoms with E-state index in [1.807, 2.05) is 6.07 Å².